The van der Waals surface area contributed by atoms with E-state index in [4.69, 9.17) is 5.73 Å². The van der Waals surface area contributed by atoms with E-state index >= 15 is 0 Å². The highest BCUT2D eigenvalue weighted by Gasteiger charge is 2.18. The Morgan fingerprint density at radius 2 is 2.19 bits per heavy atom. The van der Waals surface area contributed by atoms with E-state index in [0.29, 0.717) is 30.8 Å². The Hall–Kier alpha value is -1.28. The fourth-order valence-electron chi connectivity index (χ4n) is 2.01. The van der Waals surface area contributed by atoms with Gasteiger partial charge in [0.2, 0.25) is 10.0 Å². The largest absolute Gasteiger partial charge is 0.326 e. The molecule has 5 nitrogen and oxygen atoms in total. The molecule has 1 aromatic heterocycles. The minimum atomic E-state index is -3.52. The van der Waals surface area contributed by atoms with Crippen molar-refractivity contribution in [3.05, 3.63) is 45.9 Å². The summed E-state index contributed by atoms with van der Waals surface area (Å²) >= 11 is 1.52. The normalized spacial score (nSPS) is 11.7. The van der Waals surface area contributed by atoms with E-state index in [9.17, 15) is 8.42 Å². The topological polar surface area (TPSA) is 85.1 Å². The number of hydrogen-bond acceptors (Lipinski definition) is 5. The van der Waals surface area contributed by atoms with Crippen LogP contribution in [0.2, 0.25) is 0 Å². The Kier molecular flexibility index (Phi) is 5.46. The molecule has 0 atom stereocenters. The Labute approximate surface area is 129 Å². The van der Waals surface area contributed by atoms with Crippen LogP contribution >= 0.6 is 11.3 Å². The molecule has 0 aliphatic heterocycles. The van der Waals surface area contributed by atoms with E-state index in [1.54, 1.807) is 12.3 Å². The Bertz CT molecular complexity index is 682. The molecule has 7 heteroatoms. The van der Waals surface area contributed by atoms with Crippen molar-refractivity contribution in [3.8, 4) is 0 Å². The maximum absolute atomic E-state index is 12.4. The lowest BCUT2D eigenvalue weighted by Gasteiger charge is -2.11. The molecule has 1 heterocycles. The van der Waals surface area contributed by atoms with Gasteiger partial charge in [-0.15, -0.1) is 11.3 Å². The van der Waals surface area contributed by atoms with Crippen molar-refractivity contribution < 1.29 is 8.42 Å². The number of nitrogens with zero attached hydrogens (tertiary/aromatic N) is 1. The van der Waals surface area contributed by atoms with Gasteiger partial charge in [0.25, 0.3) is 0 Å². The summed E-state index contributed by atoms with van der Waals surface area (Å²) in [6.07, 6.45) is 2.97. The summed E-state index contributed by atoms with van der Waals surface area (Å²) in [5, 5.41) is 2.80. The van der Waals surface area contributed by atoms with Crippen LogP contribution < -0.4 is 10.5 Å². The van der Waals surface area contributed by atoms with Crippen LogP contribution in [-0.2, 0) is 29.4 Å². The quantitative estimate of drug-likeness (QED) is 0.811. The van der Waals surface area contributed by atoms with E-state index in [1.165, 1.54) is 11.3 Å². The van der Waals surface area contributed by atoms with Gasteiger partial charge in [0, 0.05) is 31.1 Å². The molecule has 0 fully saturated rings. The van der Waals surface area contributed by atoms with Crippen LogP contribution in [0.4, 0.5) is 0 Å². The number of rotatable bonds is 7. The van der Waals surface area contributed by atoms with Gasteiger partial charge in [-0.3, -0.25) is 0 Å². The SMILES string of the molecule is CCc1ccc(CN)cc1S(=O)(=O)NCCc1nccs1. The van der Waals surface area contributed by atoms with Gasteiger partial charge in [-0.05, 0) is 23.6 Å². The zero-order valence-electron chi connectivity index (χ0n) is 11.9. The number of hydrogen-bond donors (Lipinski definition) is 2. The first-order valence-corrected chi connectivity index (χ1v) is 9.13. The lowest BCUT2D eigenvalue weighted by Crippen LogP contribution is -2.27. The fraction of sp³-hybridized carbons (Fsp3) is 0.357. The smallest absolute Gasteiger partial charge is 0.240 e. The first kappa shape index (κ1) is 16.1. The Morgan fingerprint density at radius 3 is 2.81 bits per heavy atom. The molecule has 21 heavy (non-hydrogen) atoms. The van der Waals surface area contributed by atoms with E-state index in [1.807, 2.05) is 24.4 Å². The minimum Gasteiger partial charge on any atom is -0.326 e. The predicted molar refractivity (Wildman–Crippen MR) is 84.7 cm³/mol. The lowest BCUT2D eigenvalue weighted by atomic mass is 10.1. The summed E-state index contributed by atoms with van der Waals surface area (Å²) in [7, 11) is -3.52. The van der Waals surface area contributed by atoms with Crippen LogP contribution in [0, 0.1) is 0 Å². The second-order valence-electron chi connectivity index (χ2n) is 4.57. The van der Waals surface area contributed by atoms with E-state index < -0.39 is 10.0 Å². The van der Waals surface area contributed by atoms with Crippen molar-refractivity contribution in [2.45, 2.75) is 31.2 Å². The number of benzene rings is 1. The molecule has 0 saturated carbocycles. The summed E-state index contributed by atoms with van der Waals surface area (Å²) in [5.74, 6) is 0. The molecule has 0 aliphatic rings. The van der Waals surface area contributed by atoms with Crippen LogP contribution in [-0.4, -0.2) is 19.9 Å². The number of sulfonamides is 1. The lowest BCUT2D eigenvalue weighted by molar-refractivity contribution is 0.580. The van der Waals surface area contributed by atoms with Gasteiger partial charge in [-0.25, -0.2) is 18.1 Å². The maximum atomic E-state index is 12.4. The number of aryl methyl sites for hydroxylation is 1. The van der Waals surface area contributed by atoms with Crippen molar-refractivity contribution in [3.63, 3.8) is 0 Å². The Balaban J connectivity index is 2.14. The molecule has 2 aromatic rings. The van der Waals surface area contributed by atoms with Gasteiger partial charge < -0.3 is 5.73 Å². The summed E-state index contributed by atoms with van der Waals surface area (Å²) in [5.41, 5.74) is 7.21. The average molecular weight is 325 g/mol. The second-order valence-corrected chi connectivity index (χ2v) is 7.29. The van der Waals surface area contributed by atoms with Gasteiger partial charge in [-0.1, -0.05) is 19.1 Å². The van der Waals surface area contributed by atoms with Crippen LogP contribution in [0.15, 0.2) is 34.7 Å². The number of thiazole rings is 1. The summed E-state index contributed by atoms with van der Waals surface area (Å²) < 4.78 is 27.5. The summed E-state index contributed by atoms with van der Waals surface area (Å²) in [4.78, 5) is 4.46. The van der Waals surface area contributed by atoms with Gasteiger partial charge in [0.05, 0.1) is 9.90 Å². The van der Waals surface area contributed by atoms with Crippen LogP contribution in [0.3, 0.4) is 0 Å². The van der Waals surface area contributed by atoms with Crippen LogP contribution in [0.5, 0.6) is 0 Å². The van der Waals surface area contributed by atoms with Crippen molar-refractivity contribution in [2.75, 3.05) is 6.54 Å². The second kappa shape index (κ2) is 7.13. The van der Waals surface area contributed by atoms with E-state index in [-0.39, 0.29) is 0 Å². The van der Waals surface area contributed by atoms with Crippen molar-refractivity contribution in [1.29, 1.82) is 0 Å². The zero-order valence-corrected chi connectivity index (χ0v) is 13.5. The van der Waals surface area contributed by atoms with Crippen LogP contribution in [0.25, 0.3) is 0 Å². The highest BCUT2D eigenvalue weighted by molar-refractivity contribution is 7.89. The highest BCUT2D eigenvalue weighted by Crippen LogP contribution is 2.18. The first-order valence-electron chi connectivity index (χ1n) is 6.76. The average Bonchev–Trinajstić information content (AvgIpc) is 2.99. The fourth-order valence-corrected chi connectivity index (χ4v) is 4.03. The van der Waals surface area contributed by atoms with Crippen LogP contribution in [0.1, 0.15) is 23.1 Å². The molecule has 0 aliphatic carbocycles. The van der Waals surface area contributed by atoms with Crippen molar-refractivity contribution >= 4 is 21.4 Å². The molecular weight excluding hydrogens is 306 g/mol. The Morgan fingerprint density at radius 1 is 1.38 bits per heavy atom. The third-order valence-electron chi connectivity index (χ3n) is 3.15. The summed E-state index contributed by atoms with van der Waals surface area (Å²) in [6.45, 7) is 2.60. The molecule has 114 valence electrons. The molecule has 0 spiro atoms. The zero-order chi connectivity index (χ0) is 15.3. The first-order chi connectivity index (χ1) is 10.1. The molecular formula is C14H19N3O2S2. The third kappa shape index (κ3) is 4.10. The molecule has 2 rings (SSSR count). The maximum Gasteiger partial charge on any atom is 0.240 e. The van der Waals surface area contributed by atoms with E-state index in [2.05, 4.69) is 9.71 Å². The van der Waals surface area contributed by atoms with Gasteiger partial charge in [0.1, 0.15) is 0 Å². The molecule has 3 N–H and O–H groups in total. The number of aromatic nitrogens is 1. The summed E-state index contributed by atoms with van der Waals surface area (Å²) in [6, 6.07) is 5.36. The standard InChI is InChI=1S/C14H19N3O2S2/c1-2-12-4-3-11(10-15)9-13(12)21(18,19)17-6-5-14-16-7-8-20-14/h3-4,7-9,17H,2,5-6,10,15H2,1H3. The molecule has 0 bridgehead atoms. The number of nitrogens with two attached hydrogens (primary N) is 1. The minimum absolute atomic E-state index is 0.325. The molecule has 0 saturated heterocycles. The molecule has 0 amide bonds. The molecule has 1 aromatic carbocycles. The van der Waals surface area contributed by atoms with Gasteiger partial charge in [-0.2, -0.15) is 0 Å². The van der Waals surface area contributed by atoms with Crippen molar-refractivity contribution in [2.24, 2.45) is 5.73 Å². The highest BCUT2D eigenvalue weighted by atomic mass is 32.2. The van der Waals surface area contributed by atoms with Crippen molar-refractivity contribution in [1.82, 2.24) is 9.71 Å². The molecule has 0 unspecified atom stereocenters. The van der Waals surface area contributed by atoms with E-state index in [0.717, 1.165) is 16.1 Å². The third-order valence-corrected chi connectivity index (χ3v) is 5.53. The monoisotopic (exact) mass is 325 g/mol. The predicted octanol–water partition coefficient (Wildman–Crippen LogP) is 1.69. The number of nitrogens with one attached hydrogen (secondary N) is 1. The molecule has 0 radical (unpaired) electrons. The van der Waals surface area contributed by atoms with Gasteiger partial charge in [0.15, 0.2) is 0 Å². The van der Waals surface area contributed by atoms with Gasteiger partial charge >= 0.3 is 0 Å².